The minimum absolute atomic E-state index is 0.0617. The van der Waals surface area contributed by atoms with E-state index in [9.17, 15) is 8.78 Å². The zero-order valence-corrected chi connectivity index (χ0v) is 15.2. The molecule has 1 aliphatic heterocycles. The number of aromatic amines is 1. The van der Waals surface area contributed by atoms with E-state index in [1.165, 1.54) is 16.8 Å². The minimum Gasteiger partial charge on any atom is -0.348 e. The number of alkyl halides is 2. The van der Waals surface area contributed by atoms with Crippen molar-refractivity contribution < 1.29 is 8.78 Å². The summed E-state index contributed by atoms with van der Waals surface area (Å²) in [5.74, 6) is 0.581. The first-order valence-electron chi connectivity index (χ1n) is 8.64. The molecule has 5 heterocycles. The van der Waals surface area contributed by atoms with Gasteiger partial charge in [0.25, 0.3) is 6.43 Å². The maximum Gasteiger partial charge on any atom is 0.265 e. The summed E-state index contributed by atoms with van der Waals surface area (Å²) in [5.41, 5.74) is 2.68. The lowest BCUT2D eigenvalue weighted by Crippen LogP contribution is -2.37. The molecular weight excluding hydrogens is 388 g/mol. The lowest BCUT2D eigenvalue weighted by Gasteiger charge is -2.34. The number of nitrogens with one attached hydrogen (secondary N) is 1. The van der Waals surface area contributed by atoms with Crippen molar-refractivity contribution in [3.05, 3.63) is 70.9 Å². The first-order chi connectivity index (χ1) is 13.6. The van der Waals surface area contributed by atoms with Gasteiger partial charge >= 0.3 is 0 Å². The number of rotatable bonds is 3. The molecule has 0 radical (unpaired) electrons. The number of nitrogens with zero attached hydrogens (tertiary/aromatic N) is 6. The van der Waals surface area contributed by atoms with Crippen LogP contribution in [0.15, 0.2) is 43.1 Å². The summed E-state index contributed by atoms with van der Waals surface area (Å²) in [6, 6.07) is 4.26. The van der Waals surface area contributed by atoms with Gasteiger partial charge in [-0.05, 0) is 18.2 Å². The number of aromatic nitrogens is 6. The molecular formula is C18H14ClF2N7. The zero-order chi connectivity index (χ0) is 19.3. The van der Waals surface area contributed by atoms with Crippen LogP contribution in [0.25, 0.3) is 5.52 Å². The summed E-state index contributed by atoms with van der Waals surface area (Å²) >= 11 is 6.03. The number of pyridine rings is 1. The predicted molar refractivity (Wildman–Crippen MR) is 98.7 cm³/mol. The summed E-state index contributed by atoms with van der Waals surface area (Å²) in [5, 5.41) is 4.84. The zero-order valence-electron chi connectivity index (χ0n) is 14.4. The van der Waals surface area contributed by atoms with E-state index in [0.29, 0.717) is 23.6 Å². The Labute approximate surface area is 163 Å². The van der Waals surface area contributed by atoms with Crippen LogP contribution in [0.2, 0.25) is 5.15 Å². The summed E-state index contributed by atoms with van der Waals surface area (Å²) < 4.78 is 28.3. The summed E-state index contributed by atoms with van der Waals surface area (Å²) in [4.78, 5) is 18.1. The van der Waals surface area contributed by atoms with Gasteiger partial charge in [-0.15, -0.1) is 0 Å². The Bertz CT molecular complexity index is 1160. The molecule has 5 rings (SSSR count). The Balaban J connectivity index is 1.68. The number of H-pyrrole nitrogens is 1. The van der Waals surface area contributed by atoms with Crippen molar-refractivity contribution in [1.82, 2.24) is 29.5 Å². The largest absolute Gasteiger partial charge is 0.348 e. The second-order valence-electron chi connectivity index (χ2n) is 6.48. The molecule has 1 unspecified atom stereocenters. The van der Waals surface area contributed by atoms with Crippen LogP contribution in [-0.2, 0) is 6.42 Å². The van der Waals surface area contributed by atoms with E-state index in [0.717, 1.165) is 17.8 Å². The average Bonchev–Trinajstić information content (AvgIpc) is 3.33. The van der Waals surface area contributed by atoms with Gasteiger partial charge in [0.1, 0.15) is 17.0 Å². The first-order valence-corrected chi connectivity index (χ1v) is 9.02. The van der Waals surface area contributed by atoms with Gasteiger partial charge in [-0.25, -0.2) is 23.3 Å². The van der Waals surface area contributed by atoms with Crippen molar-refractivity contribution in [3.63, 3.8) is 0 Å². The van der Waals surface area contributed by atoms with Gasteiger partial charge in [-0.1, -0.05) is 11.6 Å². The van der Waals surface area contributed by atoms with E-state index < -0.39 is 12.5 Å². The Morgan fingerprint density at radius 1 is 1.29 bits per heavy atom. The van der Waals surface area contributed by atoms with Gasteiger partial charge in [0.15, 0.2) is 0 Å². The Kier molecular flexibility index (Phi) is 3.97. The van der Waals surface area contributed by atoms with Crippen LogP contribution in [0.4, 0.5) is 14.6 Å². The van der Waals surface area contributed by atoms with E-state index in [-0.39, 0.29) is 10.7 Å². The summed E-state index contributed by atoms with van der Waals surface area (Å²) in [6.07, 6.45) is 4.51. The molecule has 4 aromatic heterocycles. The number of hydrogen-bond acceptors (Lipinski definition) is 5. The SMILES string of the molecule is FC(F)c1cccn2nc(C3c4nc[nH]c4CCN3c3cncc(Cl)n3)cc12. The fourth-order valence-corrected chi connectivity index (χ4v) is 3.81. The van der Waals surface area contributed by atoms with Gasteiger partial charge in [0, 0.05) is 30.4 Å². The molecule has 28 heavy (non-hydrogen) atoms. The molecule has 4 aromatic rings. The normalized spacial score (nSPS) is 16.7. The van der Waals surface area contributed by atoms with Crippen molar-refractivity contribution in [2.24, 2.45) is 0 Å². The molecule has 0 bridgehead atoms. The maximum atomic E-state index is 13.4. The van der Waals surface area contributed by atoms with Crippen LogP contribution in [0, 0.1) is 0 Å². The van der Waals surface area contributed by atoms with Crippen LogP contribution in [0.5, 0.6) is 0 Å². The Morgan fingerprint density at radius 3 is 3.00 bits per heavy atom. The van der Waals surface area contributed by atoms with Gasteiger partial charge in [-0.2, -0.15) is 5.10 Å². The minimum atomic E-state index is -2.59. The summed E-state index contributed by atoms with van der Waals surface area (Å²) in [7, 11) is 0. The fraction of sp³-hybridized carbons (Fsp3) is 0.222. The van der Waals surface area contributed by atoms with Crippen LogP contribution in [0.3, 0.4) is 0 Å². The van der Waals surface area contributed by atoms with Crippen molar-refractivity contribution in [3.8, 4) is 0 Å². The maximum absolute atomic E-state index is 13.4. The van der Waals surface area contributed by atoms with E-state index in [2.05, 4.69) is 25.0 Å². The predicted octanol–water partition coefficient (Wildman–Crippen LogP) is 3.59. The van der Waals surface area contributed by atoms with Crippen LogP contribution in [-0.4, -0.2) is 36.1 Å². The molecule has 142 valence electrons. The highest BCUT2D eigenvalue weighted by atomic mass is 35.5. The molecule has 1 aliphatic rings. The van der Waals surface area contributed by atoms with Crippen LogP contribution in [0.1, 0.15) is 35.1 Å². The van der Waals surface area contributed by atoms with Crippen molar-refractivity contribution >= 4 is 22.9 Å². The number of fused-ring (bicyclic) bond motifs is 2. The highest BCUT2D eigenvalue weighted by Gasteiger charge is 2.34. The van der Waals surface area contributed by atoms with E-state index >= 15 is 0 Å². The number of imidazole rings is 1. The first kappa shape index (κ1) is 17.1. The van der Waals surface area contributed by atoms with Crippen LogP contribution >= 0.6 is 11.6 Å². The lowest BCUT2D eigenvalue weighted by molar-refractivity contribution is 0.152. The third-order valence-corrected chi connectivity index (χ3v) is 5.06. The number of hydrogen-bond donors (Lipinski definition) is 1. The molecule has 10 heteroatoms. The highest BCUT2D eigenvalue weighted by Crippen LogP contribution is 2.36. The number of halogens is 3. The van der Waals surface area contributed by atoms with Gasteiger partial charge in [0.2, 0.25) is 0 Å². The molecule has 0 spiro atoms. The fourth-order valence-electron chi connectivity index (χ4n) is 3.67. The topological polar surface area (TPSA) is 75.0 Å². The quantitative estimate of drug-likeness (QED) is 0.568. The van der Waals surface area contributed by atoms with Crippen LogP contribution < -0.4 is 4.90 Å². The molecule has 0 aromatic carbocycles. The highest BCUT2D eigenvalue weighted by molar-refractivity contribution is 6.29. The van der Waals surface area contributed by atoms with E-state index in [1.807, 2.05) is 4.90 Å². The monoisotopic (exact) mass is 401 g/mol. The summed E-state index contributed by atoms with van der Waals surface area (Å²) in [6.45, 7) is 0.629. The molecule has 7 nitrogen and oxygen atoms in total. The standard InChI is InChI=1S/C18H14ClF2N7/c19-14-7-22-8-15(25-14)27-5-3-11-16(24-9-23-11)17(27)12-6-13-10(18(20)21)2-1-4-28(13)26-12/h1-2,4,6-9,17-18H,3,5H2,(H,23,24). The Morgan fingerprint density at radius 2 is 2.18 bits per heavy atom. The van der Waals surface area contributed by atoms with Gasteiger partial charge < -0.3 is 9.88 Å². The molecule has 0 saturated carbocycles. The van der Waals surface area contributed by atoms with Crippen molar-refractivity contribution in [2.75, 3.05) is 11.4 Å². The molecule has 1 atom stereocenters. The molecule has 0 fully saturated rings. The molecule has 0 amide bonds. The van der Waals surface area contributed by atoms with Crippen molar-refractivity contribution in [1.29, 1.82) is 0 Å². The second kappa shape index (κ2) is 6.52. The van der Waals surface area contributed by atoms with Crippen molar-refractivity contribution in [2.45, 2.75) is 18.9 Å². The third kappa shape index (κ3) is 2.70. The third-order valence-electron chi connectivity index (χ3n) is 4.88. The Hall–Kier alpha value is -3.07. The van der Waals surface area contributed by atoms with E-state index in [1.54, 1.807) is 30.9 Å². The molecule has 1 N–H and O–H groups in total. The molecule has 0 aliphatic carbocycles. The van der Waals surface area contributed by atoms with E-state index in [4.69, 9.17) is 11.6 Å². The second-order valence-corrected chi connectivity index (χ2v) is 6.86. The smallest absolute Gasteiger partial charge is 0.265 e. The molecule has 0 saturated heterocycles. The van der Waals surface area contributed by atoms with Gasteiger partial charge in [-0.3, -0.25) is 4.98 Å². The van der Waals surface area contributed by atoms with Gasteiger partial charge in [0.05, 0.1) is 35.6 Å². The average molecular weight is 402 g/mol. The lowest BCUT2D eigenvalue weighted by atomic mass is 9.99. The number of anilines is 1.